The van der Waals surface area contributed by atoms with Crippen molar-refractivity contribution in [3.63, 3.8) is 0 Å². The summed E-state index contributed by atoms with van der Waals surface area (Å²) in [4.78, 5) is 71.5. The number of unbranched alkanes of at least 4 members (excludes halogenated alkanes) is 2. The Bertz CT molecular complexity index is 1050. The van der Waals surface area contributed by atoms with E-state index in [1.807, 2.05) is 0 Å². The van der Waals surface area contributed by atoms with Gasteiger partial charge in [0.1, 0.15) is 18.1 Å². The fourth-order valence-corrected chi connectivity index (χ4v) is 4.72. The first-order valence-electron chi connectivity index (χ1n) is 15.3. The second kappa shape index (κ2) is 20.7. The average molecular weight is 641 g/mol. The van der Waals surface area contributed by atoms with Gasteiger partial charge in [0.25, 0.3) is 0 Å². The molecule has 0 saturated carbocycles. The highest BCUT2D eigenvalue weighted by Crippen LogP contribution is 2.19. The fourth-order valence-electron chi connectivity index (χ4n) is 4.72. The number of aliphatic carboxylic acids is 1. The molecule has 1 saturated heterocycles. The largest absolute Gasteiger partial charge is 0.480 e. The molecule has 18 nitrogen and oxygen atoms in total. The first kappa shape index (κ1) is 38.8. The summed E-state index contributed by atoms with van der Waals surface area (Å²) in [6.45, 7) is 2.85. The van der Waals surface area contributed by atoms with Crippen molar-refractivity contribution in [2.45, 2.75) is 101 Å². The molecule has 45 heavy (non-hydrogen) atoms. The van der Waals surface area contributed by atoms with Gasteiger partial charge in [-0.05, 0) is 71.1 Å². The molecule has 1 aliphatic heterocycles. The number of amides is 4. The number of carbonyl (C=O) groups is 5. The minimum Gasteiger partial charge on any atom is -0.480 e. The summed E-state index contributed by atoms with van der Waals surface area (Å²) < 4.78 is 0. The van der Waals surface area contributed by atoms with Gasteiger partial charge in [-0.1, -0.05) is 0 Å². The molecular weight excluding hydrogens is 588 g/mol. The van der Waals surface area contributed by atoms with Crippen molar-refractivity contribution in [1.82, 2.24) is 20.9 Å². The van der Waals surface area contributed by atoms with Crippen molar-refractivity contribution >= 4 is 41.5 Å². The summed E-state index contributed by atoms with van der Waals surface area (Å²) in [5.74, 6) is -3.15. The molecule has 1 fully saturated rings. The van der Waals surface area contributed by atoms with Crippen LogP contribution in [0.3, 0.4) is 0 Å². The number of aliphatic imine (C=N–C) groups is 2. The van der Waals surface area contributed by atoms with Crippen molar-refractivity contribution in [2.24, 2.45) is 44.4 Å². The van der Waals surface area contributed by atoms with Gasteiger partial charge in [0.2, 0.25) is 23.6 Å². The Morgan fingerprint density at radius 3 is 2.04 bits per heavy atom. The number of guanidine groups is 2. The lowest BCUT2D eigenvalue weighted by Crippen LogP contribution is -2.55. The topological polar surface area (TPSA) is 326 Å². The van der Waals surface area contributed by atoms with Crippen LogP contribution in [0.1, 0.15) is 71.1 Å². The van der Waals surface area contributed by atoms with E-state index in [1.54, 1.807) is 0 Å². The van der Waals surface area contributed by atoms with Crippen LogP contribution in [0.2, 0.25) is 0 Å². The van der Waals surface area contributed by atoms with Crippen LogP contribution in [0.25, 0.3) is 0 Å². The van der Waals surface area contributed by atoms with E-state index < -0.39 is 48.0 Å². The number of nitrogens with two attached hydrogens (primary N) is 6. The van der Waals surface area contributed by atoms with Gasteiger partial charge in [0.05, 0.1) is 12.1 Å². The predicted octanol–water partition coefficient (Wildman–Crippen LogP) is -3.51. The minimum atomic E-state index is -1.23. The molecule has 1 rings (SSSR count). The standard InChI is InChI=1S/C27H52N12O6/c1-16(21(40)38-19(25(44)45)10-6-14-36-27(32)33)37-23(42)20-11-7-15-39(20)24(43)18(29)9-3-4-12-34-22(41)17(28)8-2-5-13-35-26(30)31/h16-20H,2-15,28-29H2,1H3,(H,34,41)(H,37,42)(H,38,40)(H,44,45)(H4,30,31,35)(H4,32,33,36)/t16-,17?,18-,19-,20-/m0/s1. The summed E-state index contributed by atoms with van der Waals surface area (Å²) in [6, 6.07) is -4.50. The molecule has 0 radical (unpaired) electrons. The Balaban J connectivity index is 2.45. The zero-order valence-corrected chi connectivity index (χ0v) is 26.1. The Kier molecular flexibility index (Phi) is 17.9. The van der Waals surface area contributed by atoms with Crippen LogP contribution < -0.4 is 50.4 Å². The van der Waals surface area contributed by atoms with Crippen LogP contribution in [0.15, 0.2) is 9.98 Å². The molecule has 0 bridgehead atoms. The quantitative estimate of drug-likeness (QED) is 0.0332. The minimum absolute atomic E-state index is 0.0271. The molecule has 256 valence electrons. The van der Waals surface area contributed by atoms with Gasteiger partial charge in [-0.15, -0.1) is 0 Å². The average Bonchev–Trinajstić information content (AvgIpc) is 3.47. The monoisotopic (exact) mass is 640 g/mol. The molecule has 0 aromatic carbocycles. The highest BCUT2D eigenvalue weighted by Gasteiger charge is 2.37. The van der Waals surface area contributed by atoms with Gasteiger partial charge in [-0.25, -0.2) is 4.79 Å². The highest BCUT2D eigenvalue weighted by molar-refractivity contribution is 5.94. The molecule has 4 amide bonds. The highest BCUT2D eigenvalue weighted by atomic mass is 16.4. The zero-order valence-electron chi connectivity index (χ0n) is 26.1. The molecule has 1 aliphatic rings. The number of nitrogens with one attached hydrogen (secondary N) is 3. The van der Waals surface area contributed by atoms with Gasteiger partial charge >= 0.3 is 5.97 Å². The number of nitrogens with zero attached hydrogens (tertiary/aromatic N) is 3. The second-order valence-corrected chi connectivity index (χ2v) is 11.1. The van der Waals surface area contributed by atoms with Crippen LogP contribution in [-0.4, -0.2) is 108 Å². The zero-order chi connectivity index (χ0) is 33.9. The van der Waals surface area contributed by atoms with Crippen LogP contribution in [0.5, 0.6) is 0 Å². The van der Waals surface area contributed by atoms with Gasteiger partial charge in [-0.2, -0.15) is 0 Å². The Morgan fingerprint density at radius 2 is 1.42 bits per heavy atom. The summed E-state index contributed by atoms with van der Waals surface area (Å²) in [7, 11) is 0. The second-order valence-electron chi connectivity index (χ2n) is 11.1. The molecule has 0 aromatic heterocycles. The lowest BCUT2D eigenvalue weighted by atomic mass is 10.1. The molecular formula is C27H52N12O6. The smallest absolute Gasteiger partial charge is 0.326 e. The first-order chi connectivity index (χ1) is 21.2. The van der Waals surface area contributed by atoms with Crippen LogP contribution in [0.4, 0.5) is 0 Å². The Hall–Kier alpha value is -4.19. The van der Waals surface area contributed by atoms with Crippen molar-refractivity contribution in [3.8, 4) is 0 Å². The maximum absolute atomic E-state index is 13.1. The Morgan fingerprint density at radius 1 is 0.822 bits per heavy atom. The molecule has 18 heteroatoms. The third-order valence-electron chi connectivity index (χ3n) is 7.26. The van der Waals surface area contributed by atoms with E-state index in [-0.39, 0.29) is 36.7 Å². The van der Waals surface area contributed by atoms with E-state index in [1.165, 1.54) is 11.8 Å². The van der Waals surface area contributed by atoms with Crippen molar-refractivity contribution < 1.29 is 29.1 Å². The summed E-state index contributed by atoms with van der Waals surface area (Å²) in [5.41, 5.74) is 33.1. The van der Waals surface area contributed by atoms with E-state index >= 15 is 0 Å². The fraction of sp³-hybridized carbons (Fsp3) is 0.741. The van der Waals surface area contributed by atoms with E-state index in [0.717, 1.165) is 6.42 Å². The lowest BCUT2D eigenvalue weighted by molar-refractivity contribution is -0.143. The normalized spacial score (nSPS) is 16.9. The van der Waals surface area contributed by atoms with Crippen molar-refractivity contribution in [2.75, 3.05) is 26.2 Å². The number of hydrogen-bond donors (Lipinski definition) is 10. The predicted molar refractivity (Wildman–Crippen MR) is 169 cm³/mol. The van der Waals surface area contributed by atoms with Gasteiger partial charge in [-0.3, -0.25) is 29.2 Å². The van der Waals surface area contributed by atoms with E-state index in [0.29, 0.717) is 71.0 Å². The maximum Gasteiger partial charge on any atom is 0.326 e. The summed E-state index contributed by atoms with van der Waals surface area (Å²) in [5, 5.41) is 17.2. The van der Waals surface area contributed by atoms with Gasteiger partial charge < -0.3 is 60.4 Å². The number of carboxylic acid groups (broad SMARTS) is 1. The molecule has 0 spiro atoms. The summed E-state index contributed by atoms with van der Waals surface area (Å²) in [6.07, 6.45) is 4.85. The number of likely N-dealkylation sites (tertiary alicyclic amines) is 1. The molecule has 16 N–H and O–H groups in total. The Labute approximate surface area is 263 Å². The lowest BCUT2D eigenvalue weighted by Gasteiger charge is -2.28. The molecule has 0 aliphatic carbocycles. The number of hydrogen-bond acceptors (Lipinski definition) is 9. The van der Waals surface area contributed by atoms with E-state index in [2.05, 4.69) is 25.9 Å². The molecule has 5 atom stereocenters. The third kappa shape index (κ3) is 15.4. The molecule has 1 unspecified atom stereocenters. The SMILES string of the molecule is C[C@H](NC(=O)[C@@H]1CCCN1C(=O)[C@@H](N)CCCCNC(=O)C(N)CCCCN=C(N)N)C(=O)N[C@@H](CCCN=C(N)N)C(=O)O. The van der Waals surface area contributed by atoms with E-state index in [9.17, 15) is 29.1 Å². The summed E-state index contributed by atoms with van der Waals surface area (Å²) >= 11 is 0. The van der Waals surface area contributed by atoms with Crippen LogP contribution in [-0.2, 0) is 24.0 Å². The number of carboxylic acids is 1. The van der Waals surface area contributed by atoms with E-state index in [4.69, 9.17) is 34.4 Å². The van der Waals surface area contributed by atoms with Gasteiger partial charge in [0.15, 0.2) is 11.9 Å². The molecule has 0 aromatic rings. The number of rotatable bonds is 21. The van der Waals surface area contributed by atoms with Gasteiger partial charge in [0, 0.05) is 26.2 Å². The molecule has 1 heterocycles. The van der Waals surface area contributed by atoms with Crippen molar-refractivity contribution in [1.29, 1.82) is 0 Å². The van der Waals surface area contributed by atoms with Crippen molar-refractivity contribution in [3.05, 3.63) is 0 Å². The number of carbonyl (C=O) groups excluding carboxylic acids is 4. The third-order valence-corrected chi connectivity index (χ3v) is 7.26. The maximum atomic E-state index is 13.1. The van der Waals surface area contributed by atoms with Crippen LogP contribution in [0, 0.1) is 0 Å². The first-order valence-corrected chi connectivity index (χ1v) is 15.3. The van der Waals surface area contributed by atoms with Crippen LogP contribution >= 0.6 is 0 Å².